The predicted octanol–water partition coefficient (Wildman–Crippen LogP) is 2.78. The van der Waals surface area contributed by atoms with Gasteiger partial charge in [-0.05, 0) is 23.1 Å². The fraction of sp³-hybridized carbons (Fsp3) is 0.429. The third-order valence-electron chi connectivity index (χ3n) is 2.56. The maximum absolute atomic E-state index is 4.11. The van der Waals surface area contributed by atoms with Gasteiger partial charge in [0.1, 0.15) is 12.7 Å². The zero-order chi connectivity index (χ0) is 13.0. The molecule has 96 valence electrons. The Labute approximate surface area is 108 Å². The van der Waals surface area contributed by atoms with Crippen molar-refractivity contribution in [1.82, 2.24) is 14.8 Å². The van der Waals surface area contributed by atoms with Gasteiger partial charge in [0, 0.05) is 12.2 Å². The molecule has 0 saturated carbocycles. The molecule has 4 nitrogen and oxygen atoms in total. The van der Waals surface area contributed by atoms with Crippen molar-refractivity contribution in [2.24, 2.45) is 5.41 Å². The second-order valence-corrected chi connectivity index (χ2v) is 5.71. The molecule has 0 saturated heterocycles. The SMILES string of the molecule is CC(C)(C)CNc1cccc(Cn2cncn2)c1. The number of nitrogens with zero attached hydrogens (tertiary/aromatic N) is 3. The minimum Gasteiger partial charge on any atom is -0.385 e. The van der Waals surface area contributed by atoms with Crippen LogP contribution in [0, 0.1) is 5.41 Å². The Balaban J connectivity index is 2.01. The molecule has 2 rings (SSSR count). The lowest BCUT2D eigenvalue weighted by Crippen LogP contribution is -2.19. The summed E-state index contributed by atoms with van der Waals surface area (Å²) in [7, 11) is 0. The predicted molar refractivity (Wildman–Crippen MR) is 73.5 cm³/mol. The third kappa shape index (κ3) is 3.87. The molecule has 1 aromatic heterocycles. The van der Waals surface area contributed by atoms with Gasteiger partial charge in [-0.1, -0.05) is 32.9 Å². The summed E-state index contributed by atoms with van der Waals surface area (Å²) in [6, 6.07) is 8.42. The Morgan fingerprint density at radius 3 is 2.78 bits per heavy atom. The van der Waals surface area contributed by atoms with Crippen LogP contribution in [0.25, 0.3) is 0 Å². The van der Waals surface area contributed by atoms with E-state index in [1.165, 1.54) is 5.56 Å². The standard InChI is InChI=1S/C14H20N4/c1-14(2,3)9-16-13-6-4-5-12(7-13)8-18-11-15-10-17-18/h4-7,10-11,16H,8-9H2,1-3H3. The summed E-state index contributed by atoms with van der Waals surface area (Å²) in [5, 5.41) is 7.57. The Hall–Kier alpha value is -1.84. The van der Waals surface area contributed by atoms with Crippen LogP contribution in [0.5, 0.6) is 0 Å². The highest BCUT2D eigenvalue weighted by Gasteiger charge is 2.09. The number of aromatic nitrogens is 3. The summed E-state index contributed by atoms with van der Waals surface area (Å²) in [5.74, 6) is 0. The van der Waals surface area contributed by atoms with Crippen molar-refractivity contribution < 1.29 is 0 Å². The van der Waals surface area contributed by atoms with Crippen molar-refractivity contribution in [1.29, 1.82) is 0 Å². The molecule has 0 unspecified atom stereocenters. The van der Waals surface area contributed by atoms with Gasteiger partial charge in [0.25, 0.3) is 0 Å². The molecule has 1 N–H and O–H groups in total. The first-order valence-electron chi connectivity index (χ1n) is 6.18. The van der Waals surface area contributed by atoms with Crippen LogP contribution in [0.3, 0.4) is 0 Å². The van der Waals surface area contributed by atoms with Crippen molar-refractivity contribution in [2.75, 3.05) is 11.9 Å². The lowest BCUT2D eigenvalue weighted by molar-refractivity contribution is 0.443. The van der Waals surface area contributed by atoms with Crippen LogP contribution in [-0.4, -0.2) is 21.3 Å². The second kappa shape index (κ2) is 5.21. The second-order valence-electron chi connectivity index (χ2n) is 5.71. The monoisotopic (exact) mass is 244 g/mol. The molecule has 0 fully saturated rings. The first kappa shape index (κ1) is 12.6. The summed E-state index contributed by atoms with van der Waals surface area (Å²) in [5.41, 5.74) is 2.66. The van der Waals surface area contributed by atoms with E-state index in [1.807, 2.05) is 4.68 Å². The summed E-state index contributed by atoms with van der Waals surface area (Å²) in [6.07, 6.45) is 3.29. The van der Waals surface area contributed by atoms with Crippen LogP contribution in [0.1, 0.15) is 26.3 Å². The average molecular weight is 244 g/mol. The lowest BCUT2D eigenvalue weighted by atomic mass is 9.97. The first-order chi connectivity index (χ1) is 8.53. The van der Waals surface area contributed by atoms with Gasteiger partial charge in [-0.15, -0.1) is 0 Å². The van der Waals surface area contributed by atoms with Crippen molar-refractivity contribution in [3.8, 4) is 0 Å². The first-order valence-corrected chi connectivity index (χ1v) is 6.18. The number of nitrogens with one attached hydrogen (secondary N) is 1. The molecule has 0 amide bonds. The summed E-state index contributed by atoms with van der Waals surface area (Å²) in [6.45, 7) is 8.38. The maximum atomic E-state index is 4.11. The molecule has 0 spiro atoms. The molecule has 18 heavy (non-hydrogen) atoms. The van der Waals surface area contributed by atoms with Crippen molar-refractivity contribution >= 4 is 5.69 Å². The quantitative estimate of drug-likeness (QED) is 0.899. The van der Waals surface area contributed by atoms with Crippen LogP contribution in [0.4, 0.5) is 5.69 Å². The number of hydrogen-bond donors (Lipinski definition) is 1. The molecule has 0 atom stereocenters. The highest BCUT2D eigenvalue weighted by atomic mass is 15.3. The highest BCUT2D eigenvalue weighted by Crippen LogP contribution is 2.16. The maximum Gasteiger partial charge on any atom is 0.137 e. The number of anilines is 1. The van der Waals surface area contributed by atoms with Gasteiger partial charge in [-0.2, -0.15) is 5.10 Å². The van der Waals surface area contributed by atoms with Crippen LogP contribution >= 0.6 is 0 Å². The number of rotatable bonds is 4. The molecule has 1 aromatic carbocycles. The van der Waals surface area contributed by atoms with E-state index in [-0.39, 0.29) is 5.41 Å². The van der Waals surface area contributed by atoms with Gasteiger partial charge in [-0.25, -0.2) is 9.67 Å². The topological polar surface area (TPSA) is 42.7 Å². The van der Waals surface area contributed by atoms with Crippen LogP contribution in [0.2, 0.25) is 0 Å². The minimum absolute atomic E-state index is 0.280. The normalized spacial score (nSPS) is 11.5. The Bertz CT molecular complexity index is 483. The largest absolute Gasteiger partial charge is 0.385 e. The smallest absolute Gasteiger partial charge is 0.137 e. The summed E-state index contributed by atoms with van der Waals surface area (Å²) < 4.78 is 1.82. The molecular weight excluding hydrogens is 224 g/mol. The molecule has 0 aliphatic heterocycles. The van der Waals surface area contributed by atoms with Gasteiger partial charge in [-0.3, -0.25) is 0 Å². The van der Waals surface area contributed by atoms with Gasteiger partial charge < -0.3 is 5.32 Å². The number of hydrogen-bond acceptors (Lipinski definition) is 3. The lowest BCUT2D eigenvalue weighted by Gasteiger charge is -2.19. The fourth-order valence-electron chi connectivity index (χ4n) is 1.65. The van der Waals surface area contributed by atoms with E-state index in [4.69, 9.17) is 0 Å². The molecule has 1 heterocycles. The molecule has 0 radical (unpaired) electrons. The van der Waals surface area contributed by atoms with Crippen molar-refractivity contribution in [2.45, 2.75) is 27.3 Å². The zero-order valence-electron chi connectivity index (χ0n) is 11.2. The van der Waals surface area contributed by atoms with Gasteiger partial charge >= 0.3 is 0 Å². The zero-order valence-corrected chi connectivity index (χ0v) is 11.2. The van der Waals surface area contributed by atoms with E-state index in [9.17, 15) is 0 Å². The molecule has 0 aliphatic rings. The minimum atomic E-state index is 0.280. The van der Waals surface area contributed by atoms with E-state index in [0.29, 0.717) is 0 Å². The Morgan fingerprint density at radius 1 is 1.28 bits per heavy atom. The molecule has 2 aromatic rings. The number of benzene rings is 1. The summed E-state index contributed by atoms with van der Waals surface area (Å²) >= 11 is 0. The van der Waals surface area contributed by atoms with Gasteiger partial charge in [0.05, 0.1) is 6.54 Å². The third-order valence-corrected chi connectivity index (χ3v) is 2.56. The molecular formula is C14H20N4. The van der Waals surface area contributed by atoms with Gasteiger partial charge in [0.15, 0.2) is 0 Å². The van der Waals surface area contributed by atoms with Gasteiger partial charge in [0.2, 0.25) is 0 Å². The molecule has 0 bridgehead atoms. The average Bonchev–Trinajstić information content (AvgIpc) is 2.79. The highest BCUT2D eigenvalue weighted by molar-refractivity contribution is 5.45. The fourth-order valence-corrected chi connectivity index (χ4v) is 1.65. The summed E-state index contributed by atoms with van der Waals surface area (Å²) in [4.78, 5) is 3.95. The molecule has 0 aliphatic carbocycles. The van der Waals surface area contributed by atoms with Crippen molar-refractivity contribution in [3.05, 3.63) is 42.5 Å². The van der Waals surface area contributed by atoms with E-state index in [0.717, 1.165) is 18.8 Å². The Morgan fingerprint density at radius 2 is 2.11 bits per heavy atom. The van der Waals surface area contributed by atoms with Crippen LogP contribution < -0.4 is 5.32 Å². The van der Waals surface area contributed by atoms with E-state index in [2.05, 4.69) is 60.4 Å². The van der Waals surface area contributed by atoms with E-state index < -0.39 is 0 Å². The Kier molecular flexibility index (Phi) is 3.65. The van der Waals surface area contributed by atoms with Crippen LogP contribution in [-0.2, 0) is 6.54 Å². The van der Waals surface area contributed by atoms with E-state index >= 15 is 0 Å². The van der Waals surface area contributed by atoms with Crippen LogP contribution in [0.15, 0.2) is 36.9 Å². The molecule has 4 heteroatoms. The van der Waals surface area contributed by atoms with Crippen molar-refractivity contribution in [3.63, 3.8) is 0 Å². The van der Waals surface area contributed by atoms with E-state index in [1.54, 1.807) is 12.7 Å².